The molecule has 0 radical (unpaired) electrons. The first kappa shape index (κ1) is 21.0. The number of carbonyl (C=O) groups is 1. The number of thiazole rings is 1. The zero-order chi connectivity index (χ0) is 23.1. The highest BCUT2D eigenvalue weighted by Gasteiger charge is 2.16. The molecule has 8 nitrogen and oxygen atoms in total. The topological polar surface area (TPSA) is 94.7 Å². The molecule has 0 saturated carbocycles. The van der Waals surface area contributed by atoms with Gasteiger partial charge < -0.3 is 5.32 Å². The highest BCUT2D eigenvalue weighted by molar-refractivity contribution is 7.22. The normalized spacial score (nSPS) is 11.4. The third-order valence-corrected chi connectivity index (χ3v) is 6.31. The van der Waals surface area contributed by atoms with Crippen LogP contribution < -0.4 is 10.9 Å². The van der Waals surface area contributed by atoms with Crippen molar-refractivity contribution < 1.29 is 9.18 Å². The fraction of sp³-hybridized carbons (Fsp3) is 0.174. The number of amides is 1. The van der Waals surface area contributed by atoms with Crippen molar-refractivity contribution >= 4 is 43.6 Å². The largest absolute Gasteiger partial charge is 0.302 e. The number of hydrogen-bond acceptors (Lipinski definition) is 6. The average Bonchev–Trinajstić information content (AvgIpc) is 3.39. The molecule has 33 heavy (non-hydrogen) atoms. The van der Waals surface area contributed by atoms with Crippen molar-refractivity contribution in [1.82, 2.24) is 24.3 Å². The summed E-state index contributed by atoms with van der Waals surface area (Å²) in [5.74, 6) is -0.138. The number of aromatic nitrogens is 5. The summed E-state index contributed by atoms with van der Waals surface area (Å²) in [6.07, 6.45) is 1.53. The van der Waals surface area contributed by atoms with E-state index in [1.165, 1.54) is 38.9 Å². The van der Waals surface area contributed by atoms with E-state index in [9.17, 15) is 14.0 Å². The third-order valence-electron chi connectivity index (χ3n) is 5.38. The van der Waals surface area contributed by atoms with E-state index in [1.54, 1.807) is 19.1 Å². The summed E-state index contributed by atoms with van der Waals surface area (Å²) in [5, 5.41) is 7.93. The molecule has 0 aliphatic carbocycles. The Morgan fingerprint density at radius 2 is 1.91 bits per heavy atom. The fourth-order valence-corrected chi connectivity index (χ4v) is 4.64. The van der Waals surface area contributed by atoms with Gasteiger partial charge >= 0.3 is 0 Å². The second-order valence-electron chi connectivity index (χ2n) is 7.62. The Labute approximate surface area is 191 Å². The second-order valence-corrected chi connectivity index (χ2v) is 8.66. The van der Waals surface area contributed by atoms with Crippen LogP contribution in [0.5, 0.6) is 0 Å². The molecule has 0 aliphatic heterocycles. The van der Waals surface area contributed by atoms with Crippen molar-refractivity contribution in [3.8, 4) is 5.69 Å². The molecule has 3 aromatic heterocycles. The number of carbonyl (C=O) groups excluding carboxylic acids is 1. The lowest BCUT2D eigenvalue weighted by atomic mass is 10.2. The van der Waals surface area contributed by atoms with E-state index in [2.05, 4.69) is 20.4 Å². The quantitative estimate of drug-likeness (QED) is 0.426. The molecular weight excluding hydrogens is 443 g/mol. The maximum atomic E-state index is 13.2. The molecule has 0 spiro atoms. The number of para-hydroxylation sites is 1. The SMILES string of the molecule is Cc1cccc2sc(NC(=O)CCn3c(C)nc4c(cnn4-c4ccc(F)cc4)c3=O)nc12. The van der Waals surface area contributed by atoms with E-state index in [4.69, 9.17) is 0 Å². The van der Waals surface area contributed by atoms with Crippen molar-refractivity contribution in [3.05, 3.63) is 76.2 Å². The van der Waals surface area contributed by atoms with Crippen LogP contribution in [0.15, 0.2) is 53.5 Å². The molecule has 0 unspecified atom stereocenters. The standard InChI is InChI=1S/C23H19FN6O2S/c1-13-4-3-5-18-20(13)28-23(33-18)27-19(31)10-11-29-14(2)26-21-17(22(29)32)12-25-30(21)16-8-6-15(24)7-9-16/h3-9,12H,10-11H2,1-2H3,(H,27,28,31). The van der Waals surface area contributed by atoms with E-state index >= 15 is 0 Å². The maximum Gasteiger partial charge on any atom is 0.264 e. The summed E-state index contributed by atoms with van der Waals surface area (Å²) in [7, 11) is 0. The first-order valence-corrected chi connectivity index (χ1v) is 11.1. The summed E-state index contributed by atoms with van der Waals surface area (Å²) < 4.78 is 17.2. The molecule has 166 valence electrons. The van der Waals surface area contributed by atoms with Crippen molar-refractivity contribution in [3.63, 3.8) is 0 Å². The van der Waals surface area contributed by atoms with E-state index in [-0.39, 0.29) is 30.2 Å². The number of benzene rings is 2. The number of hydrogen-bond donors (Lipinski definition) is 1. The minimum absolute atomic E-state index is 0.0922. The Balaban J connectivity index is 1.36. The molecule has 0 aliphatic rings. The summed E-state index contributed by atoms with van der Waals surface area (Å²) in [4.78, 5) is 34.6. The predicted molar refractivity (Wildman–Crippen MR) is 125 cm³/mol. The Bertz CT molecular complexity index is 1570. The van der Waals surface area contributed by atoms with Gasteiger partial charge in [-0.1, -0.05) is 23.5 Å². The molecule has 1 N–H and O–H groups in total. The average molecular weight is 463 g/mol. The lowest BCUT2D eigenvalue weighted by molar-refractivity contribution is -0.116. The molecule has 0 bridgehead atoms. The number of halogens is 1. The highest BCUT2D eigenvalue weighted by Crippen LogP contribution is 2.28. The zero-order valence-corrected chi connectivity index (χ0v) is 18.7. The van der Waals surface area contributed by atoms with E-state index in [0.29, 0.717) is 27.7 Å². The Hall–Kier alpha value is -3.92. The lowest BCUT2D eigenvalue weighted by Crippen LogP contribution is -2.26. The van der Waals surface area contributed by atoms with Crippen LogP contribution in [0.4, 0.5) is 9.52 Å². The number of nitrogens with one attached hydrogen (secondary N) is 1. The van der Waals surface area contributed by atoms with Crippen molar-refractivity contribution in [2.24, 2.45) is 0 Å². The number of anilines is 1. The minimum atomic E-state index is -0.360. The van der Waals surface area contributed by atoms with Crippen LogP contribution in [0.25, 0.3) is 26.9 Å². The lowest BCUT2D eigenvalue weighted by Gasteiger charge is -2.10. The Kier molecular flexibility index (Phi) is 5.21. The van der Waals surface area contributed by atoms with Crippen LogP contribution in [0.2, 0.25) is 0 Å². The van der Waals surface area contributed by atoms with Gasteiger partial charge in [0, 0.05) is 13.0 Å². The zero-order valence-electron chi connectivity index (χ0n) is 17.9. The molecule has 3 heterocycles. The van der Waals surface area contributed by atoms with Gasteiger partial charge in [-0.3, -0.25) is 14.2 Å². The second kappa shape index (κ2) is 8.21. The van der Waals surface area contributed by atoms with Gasteiger partial charge in [-0.2, -0.15) is 5.10 Å². The minimum Gasteiger partial charge on any atom is -0.302 e. The molecule has 1 amide bonds. The van der Waals surface area contributed by atoms with Crippen molar-refractivity contribution in [1.29, 1.82) is 0 Å². The van der Waals surface area contributed by atoms with Crippen LogP contribution in [-0.4, -0.2) is 30.2 Å². The van der Waals surface area contributed by atoms with E-state index < -0.39 is 0 Å². The first-order chi connectivity index (χ1) is 15.9. The van der Waals surface area contributed by atoms with Gasteiger partial charge in [-0.25, -0.2) is 19.0 Å². The maximum absolute atomic E-state index is 13.2. The monoisotopic (exact) mass is 462 g/mol. The van der Waals surface area contributed by atoms with Gasteiger partial charge in [0.15, 0.2) is 10.8 Å². The Morgan fingerprint density at radius 3 is 2.67 bits per heavy atom. The first-order valence-electron chi connectivity index (χ1n) is 10.3. The number of aryl methyl sites for hydroxylation is 2. The van der Waals surface area contributed by atoms with Crippen LogP contribution in [0.3, 0.4) is 0 Å². The molecule has 10 heteroatoms. The van der Waals surface area contributed by atoms with Crippen molar-refractivity contribution in [2.75, 3.05) is 5.32 Å². The molecule has 5 rings (SSSR count). The number of nitrogens with zero attached hydrogens (tertiary/aromatic N) is 5. The van der Waals surface area contributed by atoms with E-state index in [0.717, 1.165) is 15.8 Å². The smallest absolute Gasteiger partial charge is 0.264 e. The summed E-state index contributed by atoms with van der Waals surface area (Å²) >= 11 is 1.41. The molecule has 0 saturated heterocycles. The molecule has 5 aromatic rings. The van der Waals surface area contributed by atoms with Crippen LogP contribution in [0.1, 0.15) is 17.8 Å². The van der Waals surface area contributed by atoms with Gasteiger partial charge in [0.05, 0.1) is 22.1 Å². The van der Waals surface area contributed by atoms with Gasteiger partial charge in [-0.05, 0) is 49.7 Å². The van der Waals surface area contributed by atoms with Crippen LogP contribution >= 0.6 is 11.3 Å². The van der Waals surface area contributed by atoms with Crippen LogP contribution in [0, 0.1) is 19.7 Å². The summed E-state index contributed by atoms with van der Waals surface area (Å²) in [6, 6.07) is 11.7. The number of fused-ring (bicyclic) bond motifs is 2. The predicted octanol–water partition coefficient (Wildman–Crippen LogP) is 3.98. The van der Waals surface area contributed by atoms with Gasteiger partial charge in [0.1, 0.15) is 17.0 Å². The van der Waals surface area contributed by atoms with Crippen molar-refractivity contribution in [2.45, 2.75) is 26.8 Å². The van der Waals surface area contributed by atoms with Gasteiger partial charge in [-0.15, -0.1) is 0 Å². The molecule has 0 fully saturated rings. The summed E-state index contributed by atoms with van der Waals surface area (Å²) in [5.41, 5.74) is 2.62. The van der Waals surface area contributed by atoms with E-state index in [1.807, 2.05) is 25.1 Å². The van der Waals surface area contributed by atoms with Gasteiger partial charge in [0.25, 0.3) is 5.56 Å². The Morgan fingerprint density at radius 1 is 1.12 bits per heavy atom. The van der Waals surface area contributed by atoms with Gasteiger partial charge in [0.2, 0.25) is 5.91 Å². The molecule has 2 aromatic carbocycles. The van der Waals surface area contributed by atoms with Crippen LogP contribution in [-0.2, 0) is 11.3 Å². The molecular formula is C23H19FN6O2S. The highest BCUT2D eigenvalue weighted by atomic mass is 32.1. The summed E-state index contributed by atoms with van der Waals surface area (Å²) in [6.45, 7) is 3.85. The number of rotatable bonds is 5. The third kappa shape index (κ3) is 3.89. The molecule has 0 atom stereocenters. The fourth-order valence-electron chi connectivity index (χ4n) is 3.68.